The van der Waals surface area contributed by atoms with Crippen LogP contribution in [0.1, 0.15) is 31.4 Å². The highest BCUT2D eigenvalue weighted by atomic mass is 79.9. The Morgan fingerprint density at radius 3 is 2.61 bits per heavy atom. The van der Waals surface area contributed by atoms with Gasteiger partial charge in [0.25, 0.3) is 0 Å². The lowest BCUT2D eigenvalue weighted by Crippen LogP contribution is -2.46. The molecule has 0 heterocycles. The number of hydrogen-bond donors (Lipinski definition) is 0. The lowest BCUT2D eigenvalue weighted by Gasteiger charge is -2.34. The average Bonchev–Trinajstić information content (AvgIpc) is 2.35. The van der Waals surface area contributed by atoms with Crippen molar-refractivity contribution in [3.8, 4) is 0 Å². The fraction of sp³-hybridized carbons (Fsp3) is 0.533. The number of aryl methyl sites for hydroxylation is 2. The van der Waals surface area contributed by atoms with Crippen LogP contribution in [-0.4, -0.2) is 28.7 Å². The zero-order valence-electron chi connectivity index (χ0n) is 11.7. The highest BCUT2D eigenvalue weighted by Crippen LogP contribution is 2.17. The molecular weight excluding hydrogens is 290 g/mol. The Hall–Kier alpha value is -0.830. The largest absolute Gasteiger partial charge is 0.340 e. The van der Waals surface area contributed by atoms with Crippen molar-refractivity contribution >= 4 is 21.8 Å². The zero-order valence-corrected chi connectivity index (χ0v) is 13.3. The number of rotatable bonds is 5. The van der Waals surface area contributed by atoms with Crippen LogP contribution >= 0.6 is 15.9 Å². The second-order valence-electron chi connectivity index (χ2n) is 5.39. The third-order valence-electron chi connectivity index (χ3n) is 3.32. The van der Waals surface area contributed by atoms with E-state index in [1.54, 1.807) is 0 Å². The van der Waals surface area contributed by atoms with E-state index in [9.17, 15) is 4.79 Å². The molecule has 0 fully saturated rings. The van der Waals surface area contributed by atoms with Crippen molar-refractivity contribution in [1.82, 2.24) is 4.90 Å². The third-order valence-corrected chi connectivity index (χ3v) is 4.69. The van der Waals surface area contributed by atoms with Gasteiger partial charge >= 0.3 is 0 Å². The van der Waals surface area contributed by atoms with Crippen LogP contribution in [0.2, 0.25) is 0 Å². The summed E-state index contributed by atoms with van der Waals surface area (Å²) in [5, 5.41) is 0.784. The summed E-state index contributed by atoms with van der Waals surface area (Å²) in [5.41, 5.74) is 2.34. The molecule has 2 nitrogen and oxygen atoms in total. The molecule has 0 atom stereocenters. The molecule has 0 aliphatic heterocycles. The minimum absolute atomic E-state index is 0.135. The first-order valence-electron chi connectivity index (χ1n) is 6.25. The molecule has 0 bridgehead atoms. The van der Waals surface area contributed by atoms with Gasteiger partial charge in [0.2, 0.25) is 5.91 Å². The Kier molecular flexibility index (Phi) is 5.39. The van der Waals surface area contributed by atoms with Gasteiger partial charge in [0.15, 0.2) is 0 Å². The molecule has 0 radical (unpaired) electrons. The van der Waals surface area contributed by atoms with E-state index in [4.69, 9.17) is 0 Å². The van der Waals surface area contributed by atoms with E-state index in [-0.39, 0.29) is 11.4 Å². The summed E-state index contributed by atoms with van der Waals surface area (Å²) in [5.74, 6) is 0.195. The number of benzene rings is 1. The van der Waals surface area contributed by atoms with E-state index in [0.29, 0.717) is 6.42 Å². The molecule has 1 amide bonds. The maximum Gasteiger partial charge on any atom is 0.223 e. The maximum atomic E-state index is 12.1. The molecule has 0 saturated carbocycles. The molecule has 0 aromatic heterocycles. The number of halogens is 1. The first-order chi connectivity index (χ1) is 8.36. The molecule has 100 valence electrons. The van der Waals surface area contributed by atoms with E-state index in [1.165, 1.54) is 11.1 Å². The number of carbonyl (C=O) groups is 1. The van der Waals surface area contributed by atoms with Gasteiger partial charge in [0.1, 0.15) is 0 Å². The second kappa shape index (κ2) is 6.37. The molecule has 0 saturated heterocycles. The van der Waals surface area contributed by atoms with Crippen LogP contribution in [0.4, 0.5) is 0 Å². The van der Waals surface area contributed by atoms with Crippen molar-refractivity contribution in [3.63, 3.8) is 0 Å². The van der Waals surface area contributed by atoms with Crippen LogP contribution in [0.15, 0.2) is 24.3 Å². The quantitative estimate of drug-likeness (QED) is 0.761. The number of hydrogen-bond acceptors (Lipinski definition) is 1. The van der Waals surface area contributed by atoms with Gasteiger partial charge < -0.3 is 4.90 Å². The van der Waals surface area contributed by atoms with Crippen molar-refractivity contribution < 1.29 is 4.79 Å². The number of amides is 1. The van der Waals surface area contributed by atoms with Crippen molar-refractivity contribution in [1.29, 1.82) is 0 Å². The van der Waals surface area contributed by atoms with Gasteiger partial charge in [0, 0.05) is 24.3 Å². The van der Waals surface area contributed by atoms with E-state index >= 15 is 0 Å². The Bertz CT molecular complexity index is 415. The summed E-state index contributed by atoms with van der Waals surface area (Å²) >= 11 is 3.45. The summed E-state index contributed by atoms with van der Waals surface area (Å²) in [6, 6.07) is 8.34. The van der Waals surface area contributed by atoms with Crippen LogP contribution < -0.4 is 0 Å². The first kappa shape index (κ1) is 15.2. The molecule has 1 aromatic rings. The van der Waals surface area contributed by atoms with Crippen LogP contribution in [-0.2, 0) is 11.2 Å². The highest BCUT2D eigenvalue weighted by molar-refractivity contribution is 9.09. The van der Waals surface area contributed by atoms with E-state index in [1.807, 2.05) is 18.0 Å². The van der Waals surface area contributed by atoms with Gasteiger partial charge in [-0.15, -0.1) is 0 Å². The number of nitrogens with zero attached hydrogens (tertiary/aromatic N) is 1. The van der Waals surface area contributed by atoms with Crippen molar-refractivity contribution in [2.45, 2.75) is 39.2 Å². The highest BCUT2D eigenvalue weighted by Gasteiger charge is 2.25. The predicted molar refractivity (Wildman–Crippen MR) is 80.1 cm³/mol. The summed E-state index contributed by atoms with van der Waals surface area (Å²) in [6.45, 7) is 6.20. The van der Waals surface area contributed by atoms with E-state index in [2.05, 4.69) is 54.9 Å². The Balaban J connectivity index is 2.56. The lowest BCUT2D eigenvalue weighted by molar-refractivity contribution is -0.133. The molecule has 0 spiro atoms. The van der Waals surface area contributed by atoms with Crippen LogP contribution in [0, 0.1) is 6.92 Å². The van der Waals surface area contributed by atoms with Gasteiger partial charge in [-0.05, 0) is 32.8 Å². The molecule has 0 N–H and O–H groups in total. The van der Waals surface area contributed by atoms with Gasteiger partial charge in [-0.2, -0.15) is 0 Å². The van der Waals surface area contributed by atoms with Crippen molar-refractivity contribution in [3.05, 3.63) is 35.4 Å². The minimum Gasteiger partial charge on any atom is -0.340 e. The summed E-state index contributed by atoms with van der Waals surface area (Å²) in [7, 11) is 1.87. The molecule has 0 aliphatic rings. The summed E-state index contributed by atoms with van der Waals surface area (Å²) in [4.78, 5) is 13.9. The molecule has 18 heavy (non-hydrogen) atoms. The molecule has 0 aliphatic carbocycles. The van der Waals surface area contributed by atoms with Crippen LogP contribution in [0.3, 0.4) is 0 Å². The normalized spacial score (nSPS) is 11.4. The van der Waals surface area contributed by atoms with Crippen LogP contribution in [0.5, 0.6) is 0 Å². The fourth-order valence-corrected chi connectivity index (χ4v) is 2.09. The first-order valence-corrected chi connectivity index (χ1v) is 7.37. The zero-order chi connectivity index (χ0) is 13.8. The molecule has 0 unspecified atom stereocenters. The van der Waals surface area contributed by atoms with Crippen LogP contribution in [0.25, 0.3) is 0 Å². The van der Waals surface area contributed by atoms with Crippen molar-refractivity contribution in [2.75, 3.05) is 12.4 Å². The molecular formula is C15H22BrNO. The average molecular weight is 312 g/mol. The topological polar surface area (TPSA) is 20.3 Å². The SMILES string of the molecule is Cc1cccc(CCC(=O)N(C)C(C)(C)CBr)c1. The van der Waals surface area contributed by atoms with Crippen molar-refractivity contribution in [2.24, 2.45) is 0 Å². The van der Waals surface area contributed by atoms with E-state index < -0.39 is 0 Å². The fourth-order valence-electron chi connectivity index (χ4n) is 1.71. The number of carbonyl (C=O) groups excluding carboxylic acids is 1. The standard InChI is InChI=1S/C15H22BrNO/c1-12-6-5-7-13(10-12)8-9-14(18)17(4)15(2,3)11-16/h5-7,10H,8-9,11H2,1-4H3. The van der Waals surface area contributed by atoms with E-state index in [0.717, 1.165) is 11.8 Å². The molecule has 1 rings (SSSR count). The lowest BCUT2D eigenvalue weighted by atomic mass is 10.0. The van der Waals surface area contributed by atoms with Gasteiger partial charge in [-0.25, -0.2) is 0 Å². The Morgan fingerprint density at radius 1 is 1.39 bits per heavy atom. The second-order valence-corrected chi connectivity index (χ2v) is 5.95. The summed E-state index contributed by atoms with van der Waals surface area (Å²) in [6.07, 6.45) is 1.37. The molecule has 1 aromatic carbocycles. The minimum atomic E-state index is -0.135. The summed E-state index contributed by atoms with van der Waals surface area (Å²) < 4.78 is 0. The van der Waals surface area contributed by atoms with Gasteiger partial charge in [0.05, 0.1) is 0 Å². The van der Waals surface area contributed by atoms with Gasteiger partial charge in [-0.3, -0.25) is 4.79 Å². The predicted octanol–water partition coefficient (Wildman–Crippen LogP) is 3.56. The third kappa shape index (κ3) is 4.13. The Morgan fingerprint density at radius 2 is 2.06 bits per heavy atom. The number of alkyl halides is 1. The smallest absolute Gasteiger partial charge is 0.223 e. The Labute approximate surface area is 119 Å². The molecule has 3 heteroatoms. The van der Waals surface area contributed by atoms with Gasteiger partial charge in [-0.1, -0.05) is 45.8 Å². The maximum absolute atomic E-state index is 12.1. The monoisotopic (exact) mass is 311 g/mol.